The third-order valence-electron chi connectivity index (χ3n) is 5.33. The Bertz CT molecular complexity index is 962. The maximum atomic E-state index is 14.6. The molecule has 200 valence electrons. The molecule has 2 heterocycles. The Morgan fingerprint density at radius 2 is 1.53 bits per heavy atom. The van der Waals surface area contributed by atoms with Crippen molar-refractivity contribution < 1.29 is 45.3 Å². The molecule has 12 heteroatoms. The molecule has 0 amide bonds. The van der Waals surface area contributed by atoms with Crippen LogP contribution in [0.15, 0.2) is 24.5 Å². The van der Waals surface area contributed by atoms with Crippen LogP contribution in [0.4, 0.5) is 26.3 Å². The van der Waals surface area contributed by atoms with Crippen molar-refractivity contribution in [3.8, 4) is 5.75 Å². The van der Waals surface area contributed by atoms with E-state index >= 15 is 0 Å². The van der Waals surface area contributed by atoms with Crippen molar-refractivity contribution in [1.82, 2.24) is 9.97 Å². The molecule has 1 fully saturated rings. The number of ether oxygens (including phenoxy) is 4. The second-order valence-corrected chi connectivity index (χ2v) is 8.40. The van der Waals surface area contributed by atoms with Crippen LogP contribution in [0.2, 0.25) is 0 Å². The number of alkyl halides is 4. The zero-order valence-corrected chi connectivity index (χ0v) is 19.9. The number of nitrogens with zero attached hydrogens (tertiary/aromatic N) is 2. The minimum atomic E-state index is -4.39. The van der Waals surface area contributed by atoms with Gasteiger partial charge in [0.2, 0.25) is 0 Å². The Labute approximate surface area is 204 Å². The number of hydrogen-bond donors (Lipinski definition) is 0. The van der Waals surface area contributed by atoms with E-state index in [1.54, 1.807) is 0 Å². The van der Waals surface area contributed by atoms with Crippen LogP contribution in [0.5, 0.6) is 5.75 Å². The lowest BCUT2D eigenvalue weighted by atomic mass is 10.0. The lowest BCUT2D eigenvalue weighted by Crippen LogP contribution is -2.50. The molecule has 2 aromatic rings. The second-order valence-electron chi connectivity index (χ2n) is 8.40. The minimum Gasteiger partial charge on any atom is -0.425 e. The Kier molecular flexibility index (Phi) is 9.53. The Balaban J connectivity index is 1.58. The summed E-state index contributed by atoms with van der Waals surface area (Å²) < 4.78 is 106. The van der Waals surface area contributed by atoms with Crippen LogP contribution in [-0.2, 0) is 33.2 Å². The predicted octanol–water partition coefficient (Wildman–Crippen LogP) is 5.92. The largest absolute Gasteiger partial charge is 0.451 e. The highest BCUT2D eigenvalue weighted by molar-refractivity contribution is 5.28. The maximum Gasteiger partial charge on any atom is 0.451 e. The van der Waals surface area contributed by atoms with E-state index in [0.717, 1.165) is 43.8 Å². The molecule has 0 atom stereocenters. The monoisotopic (exact) mass is 522 g/mol. The smallest absolute Gasteiger partial charge is 0.425 e. The van der Waals surface area contributed by atoms with Gasteiger partial charge < -0.3 is 18.9 Å². The molecule has 0 spiro atoms. The molecule has 1 aromatic carbocycles. The highest BCUT2D eigenvalue weighted by Gasteiger charge is 2.49. The number of halogens is 6. The van der Waals surface area contributed by atoms with E-state index in [1.807, 2.05) is 13.8 Å². The number of aryl methyl sites for hydroxylation is 2. The quantitative estimate of drug-likeness (QED) is 0.255. The molecule has 0 unspecified atom stereocenters. The average molecular weight is 522 g/mol. The van der Waals surface area contributed by atoms with Gasteiger partial charge in [0.25, 0.3) is 6.29 Å². The van der Waals surface area contributed by atoms with Gasteiger partial charge in [0.05, 0.1) is 25.6 Å². The highest BCUT2D eigenvalue weighted by atomic mass is 19.3. The number of benzene rings is 1. The van der Waals surface area contributed by atoms with Gasteiger partial charge in [-0.2, -0.15) is 17.6 Å². The first-order valence-corrected chi connectivity index (χ1v) is 11.7. The van der Waals surface area contributed by atoms with Gasteiger partial charge in [0.15, 0.2) is 5.75 Å². The number of hydrogen-bond acceptors (Lipinski definition) is 6. The third-order valence-corrected chi connectivity index (χ3v) is 5.33. The van der Waals surface area contributed by atoms with Gasteiger partial charge in [0, 0.05) is 6.42 Å². The number of aromatic nitrogens is 2. The maximum absolute atomic E-state index is 14.6. The normalized spacial score (nSPS) is 18.9. The van der Waals surface area contributed by atoms with Crippen molar-refractivity contribution in [1.29, 1.82) is 0 Å². The standard InChI is InChI=1S/C24H28F6N2O4/c1-3-5-6-8-15-9-18(25)21(19(26)10-15)23(27,28)36-17-13-33-22(34-14-17)24(29,30)35-16-11-31-20(7-4-2)32-12-16/h9-12,17,22H,3-8,13-14H2,1-2H3. The fourth-order valence-electron chi connectivity index (χ4n) is 3.60. The molecule has 0 saturated carbocycles. The highest BCUT2D eigenvalue weighted by Crippen LogP contribution is 2.37. The molecule has 0 radical (unpaired) electrons. The third kappa shape index (κ3) is 7.30. The molecule has 36 heavy (non-hydrogen) atoms. The van der Waals surface area contributed by atoms with Crippen molar-refractivity contribution in [2.24, 2.45) is 0 Å². The van der Waals surface area contributed by atoms with Crippen LogP contribution in [-0.4, -0.2) is 41.7 Å². The van der Waals surface area contributed by atoms with E-state index in [4.69, 9.17) is 9.47 Å². The van der Waals surface area contributed by atoms with Crippen molar-refractivity contribution in [3.05, 3.63) is 53.1 Å². The van der Waals surface area contributed by atoms with Gasteiger partial charge in [-0.1, -0.05) is 26.7 Å². The number of rotatable bonds is 12. The van der Waals surface area contributed by atoms with Gasteiger partial charge in [-0.25, -0.2) is 18.7 Å². The first-order chi connectivity index (χ1) is 17.1. The van der Waals surface area contributed by atoms with E-state index in [-0.39, 0.29) is 11.3 Å². The summed E-state index contributed by atoms with van der Waals surface area (Å²) in [7, 11) is 0. The van der Waals surface area contributed by atoms with E-state index in [9.17, 15) is 26.3 Å². The van der Waals surface area contributed by atoms with E-state index in [2.05, 4.69) is 19.4 Å². The summed E-state index contributed by atoms with van der Waals surface area (Å²) >= 11 is 0. The van der Waals surface area contributed by atoms with Crippen LogP contribution >= 0.6 is 0 Å². The van der Waals surface area contributed by atoms with Crippen molar-refractivity contribution in [2.45, 2.75) is 77.0 Å². The van der Waals surface area contributed by atoms with Crippen LogP contribution in [0.25, 0.3) is 0 Å². The van der Waals surface area contributed by atoms with Gasteiger partial charge >= 0.3 is 12.2 Å². The molecule has 0 aliphatic carbocycles. The van der Waals surface area contributed by atoms with E-state index in [0.29, 0.717) is 25.1 Å². The predicted molar refractivity (Wildman–Crippen MR) is 116 cm³/mol. The molecule has 1 aromatic heterocycles. The van der Waals surface area contributed by atoms with Crippen molar-refractivity contribution in [2.75, 3.05) is 13.2 Å². The summed E-state index contributed by atoms with van der Waals surface area (Å²) in [5, 5.41) is 0. The zero-order valence-electron chi connectivity index (χ0n) is 19.9. The van der Waals surface area contributed by atoms with Crippen LogP contribution in [0.3, 0.4) is 0 Å². The average Bonchev–Trinajstić information content (AvgIpc) is 2.80. The van der Waals surface area contributed by atoms with Gasteiger partial charge in [-0.3, -0.25) is 0 Å². The van der Waals surface area contributed by atoms with Crippen LogP contribution in [0.1, 0.15) is 56.5 Å². The Hall–Kier alpha value is -2.44. The molecular weight excluding hydrogens is 494 g/mol. The fraction of sp³-hybridized carbons (Fsp3) is 0.583. The SMILES string of the molecule is CCCCCc1cc(F)c(C(F)(F)OC2COC(C(F)(F)Oc3cnc(CCC)nc3)OC2)c(F)c1. The van der Waals surface area contributed by atoms with Crippen LogP contribution < -0.4 is 4.74 Å². The summed E-state index contributed by atoms with van der Waals surface area (Å²) in [5.74, 6) is -2.82. The number of unbranched alkanes of at least 4 members (excludes halogenated alkanes) is 2. The molecule has 0 bridgehead atoms. The zero-order chi connectivity index (χ0) is 26.3. The van der Waals surface area contributed by atoms with E-state index in [1.165, 1.54) is 0 Å². The van der Waals surface area contributed by atoms with Gasteiger partial charge in [0.1, 0.15) is 29.1 Å². The van der Waals surface area contributed by atoms with Crippen molar-refractivity contribution >= 4 is 0 Å². The summed E-state index contributed by atoms with van der Waals surface area (Å²) in [6.07, 6.45) is -6.03. The first kappa shape index (κ1) is 28.1. The minimum absolute atomic E-state index is 0.248. The summed E-state index contributed by atoms with van der Waals surface area (Å²) in [4.78, 5) is 7.80. The Morgan fingerprint density at radius 1 is 0.917 bits per heavy atom. The first-order valence-electron chi connectivity index (χ1n) is 11.7. The van der Waals surface area contributed by atoms with Gasteiger partial charge in [-0.05, 0) is 37.0 Å². The lowest BCUT2D eigenvalue weighted by molar-refractivity contribution is -0.377. The van der Waals surface area contributed by atoms with Gasteiger partial charge in [-0.15, -0.1) is 0 Å². The summed E-state index contributed by atoms with van der Waals surface area (Å²) in [6, 6.07) is 1.68. The van der Waals surface area contributed by atoms with Crippen molar-refractivity contribution in [3.63, 3.8) is 0 Å². The second kappa shape index (κ2) is 12.2. The lowest BCUT2D eigenvalue weighted by Gasteiger charge is -2.34. The summed E-state index contributed by atoms with van der Waals surface area (Å²) in [5.41, 5.74) is -1.32. The molecule has 1 aliphatic heterocycles. The van der Waals surface area contributed by atoms with E-state index < -0.39 is 55.0 Å². The fourth-order valence-corrected chi connectivity index (χ4v) is 3.60. The summed E-state index contributed by atoms with van der Waals surface area (Å²) in [6.45, 7) is 2.34. The molecule has 1 aliphatic rings. The molecule has 0 N–H and O–H groups in total. The topological polar surface area (TPSA) is 62.7 Å². The molecule has 3 rings (SSSR count). The molecule has 6 nitrogen and oxygen atoms in total. The molecule has 1 saturated heterocycles. The Morgan fingerprint density at radius 3 is 2.08 bits per heavy atom. The molecular formula is C24H28F6N2O4. The van der Waals surface area contributed by atoms with Crippen LogP contribution in [0, 0.1) is 11.6 Å².